The van der Waals surface area contributed by atoms with Crippen molar-refractivity contribution in [1.82, 2.24) is 24.9 Å². The molecule has 4 atom stereocenters. The van der Waals surface area contributed by atoms with E-state index in [2.05, 4.69) is 32.0 Å². The van der Waals surface area contributed by atoms with Gasteiger partial charge < -0.3 is 44.4 Å². The molecule has 0 bridgehead atoms. The van der Waals surface area contributed by atoms with Gasteiger partial charge in [0, 0.05) is 41.3 Å². The third-order valence-electron chi connectivity index (χ3n) is 10.7. The minimum atomic E-state index is -4.67. The molecule has 0 radical (unpaired) electrons. The van der Waals surface area contributed by atoms with Gasteiger partial charge in [0.05, 0.1) is 63.9 Å². The van der Waals surface area contributed by atoms with E-state index >= 15 is 0 Å². The number of esters is 1. The minimum Gasteiger partial charge on any atom is -0.497 e. The van der Waals surface area contributed by atoms with Gasteiger partial charge in [0.2, 0.25) is 11.8 Å². The van der Waals surface area contributed by atoms with Gasteiger partial charge >= 0.3 is 12.1 Å². The van der Waals surface area contributed by atoms with Crippen LogP contribution >= 0.6 is 11.3 Å². The van der Waals surface area contributed by atoms with Crippen LogP contribution in [0.25, 0.3) is 22.3 Å². The van der Waals surface area contributed by atoms with Gasteiger partial charge in [-0.25, -0.2) is 27.9 Å². The van der Waals surface area contributed by atoms with Gasteiger partial charge in [-0.15, -0.1) is 17.9 Å². The highest BCUT2D eigenvalue weighted by Crippen LogP contribution is 2.45. The summed E-state index contributed by atoms with van der Waals surface area (Å²) in [4.78, 5) is 76.7. The molecule has 4 amide bonds. The maximum absolute atomic E-state index is 14.5. The summed E-state index contributed by atoms with van der Waals surface area (Å²) < 4.78 is 62.8. The number of thiazole rings is 1. The Hall–Kier alpha value is -6.36. The number of fused-ring (bicyclic) bond motifs is 1. The third-order valence-corrected chi connectivity index (χ3v) is 12.8. The molecule has 1 saturated heterocycles. The molecule has 366 valence electrons. The van der Waals surface area contributed by atoms with Gasteiger partial charge in [-0.05, 0) is 65.3 Å². The molecule has 2 aliphatic rings. The molecule has 1 saturated carbocycles. The van der Waals surface area contributed by atoms with Crippen LogP contribution in [0.15, 0.2) is 71.5 Å². The Kier molecular flexibility index (Phi) is 16.3. The van der Waals surface area contributed by atoms with Crippen LogP contribution in [-0.2, 0) is 48.1 Å². The zero-order valence-corrected chi connectivity index (χ0v) is 40.5. The minimum absolute atomic E-state index is 0.00503. The lowest BCUT2D eigenvalue weighted by Gasteiger charge is -2.29. The third kappa shape index (κ3) is 12.8. The maximum atomic E-state index is 14.5. The summed E-state index contributed by atoms with van der Waals surface area (Å²) in [6.45, 7) is 12.5. The number of aromatic nitrogens is 2. The largest absolute Gasteiger partial charge is 0.497 e. The van der Waals surface area contributed by atoms with Crippen molar-refractivity contribution < 1.29 is 60.8 Å². The summed E-state index contributed by atoms with van der Waals surface area (Å²) in [6, 6.07) is 11.5. The number of pyridine rings is 1. The Labute approximate surface area is 398 Å². The van der Waals surface area contributed by atoms with Crippen molar-refractivity contribution in [2.45, 2.75) is 88.1 Å². The number of hydrogen-bond acceptors (Lipinski definition) is 17. The maximum Gasteiger partial charge on any atom is 0.411 e. The van der Waals surface area contributed by atoms with Crippen molar-refractivity contribution in [2.24, 2.45) is 5.92 Å². The molecule has 2 aromatic heterocycles. The summed E-state index contributed by atoms with van der Waals surface area (Å²) >= 11 is 1.43. The molecule has 20 nitrogen and oxygen atoms in total. The van der Waals surface area contributed by atoms with E-state index in [9.17, 15) is 32.4 Å². The summed E-state index contributed by atoms with van der Waals surface area (Å²) in [5.74, 6) is -2.63. The first-order valence-corrected chi connectivity index (χ1v) is 24.1. The van der Waals surface area contributed by atoms with Crippen LogP contribution in [0.2, 0.25) is 0 Å². The van der Waals surface area contributed by atoms with Gasteiger partial charge in [0.1, 0.15) is 52.0 Å². The highest BCUT2D eigenvalue weighted by Gasteiger charge is 2.61. The second kappa shape index (κ2) is 21.7. The molecule has 2 aromatic carbocycles. The molecular formula is C46H57N7O13S2. The number of benzene rings is 2. The summed E-state index contributed by atoms with van der Waals surface area (Å²) in [5, 5.41) is 11.8. The lowest BCUT2D eigenvalue weighted by atomic mass is 10.1. The lowest BCUT2D eigenvalue weighted by Crippen LogP contribution is -2.56. The summed E-state index contributed by atoms with van der Waals surface area (Å²) in [7, 11) is -1.86. The fraction of sp³-hybridized carbons (Fsp3) is 0.457. The van der Waals surface area contributed by atoms with Crippen LogP contribution in [0, 0.1) is 5.92 Å². The van der Waals surface area contributed by atoms with Crippen molar-refractivity contribution in [1.29, 1.82) is 0 Å². The number of hydrogen-bond donors (Lipinski definition) is 4. The number of methoxy groups -OCH3 is 2. The Bertz CT molecular complexity index is 2630. The molecule has 68 heavy (non-hydrogen) atoms. The first-order valence-electron chi connectivity index (χ1n) is 21.8. The van der Waals surface area contributed by atoms with E-state index in [4.69, 9.17) is 33.7 Å². The molecular weight excluding hydrogens is 923 g/mol. The number of rotatable bonds is 21. The predicted octanol–water partition coefficient (Wildman–Crippen LogP) is 5.04. The van der Waals surface area contributed by atoms with E-state index in [1.54, 1.807) is 52.1 Å². The van der Waals surface area contributed by atoms with Gasteiger partial charge in [0.25, 0.3) is 15.9 Å². The van der Waals surface area contributed by atoms with Crippen LogP contribution in [-0.4, -0.2) is 130 Å². The van der Waals surface area contributed by atoms with Gasteiger partial charge in [-0.2, -0.15) is 0 Å². The number of para-hydroxylation sites is 1. The molecule has 22 heteroatoms. The SMILES string of the molecule is C=CC1CC1(NC(=O)[C@@H]1C[C@@H](Oc2cc(-c3csc(NC(C)C)n3)nc3cc(OC)ccc23)CN1C(=O)OC(C)(C)C)C(=O)NS(=O)(=O)c1ccccc1NC(=O)COCCOCCC(=O)OC. The second-order valence-electron chi connectivity index (χ2n) is 17.3. The predicted molar refractivity (Wildman–Crippen MR) is 252 cm³/mol. The van der Waals surface area contributed by atoms with Crippen molar-refractivity contribution in [2.75, 3.05) is 57.8 Å². The number of likely N-dealkylation sites (tertiary alicyclic amines) is 1. The van der Waals surface area contributed by atoms with Crippen molar-refractivity contribution in [3.8, 4) is 22.9 Å². The molecule has 1 aliphatic carbocycles. The normalized spacial score (nSPS) is 18.9. The highest BCUT2D eigenvalue weighted by atomic mass is 32.2. The highest BCUT2D eigenvalue weighted by molar-refractivity contribution is 7.90. The molecule has 2 unspecified atom stereocenters. The zero-order valence-electron chi connectivity index (χ0n) is 38.9. The Morgan fingerprint density at radius 3 is 2.44 bits per heavy atom. The molecule has 6 rings (SSSR count). The fourth-order valence-corrected chi connectivity index (χ4v) is 9.36. The number of nitrogens with zero attached hydrogens (tertiary/aromatic N) is 3. The average Bonchev–Trinajstić information content (AvgIpc) is 3.54. The van der Waals surface area contributed by atoms with E-state index < -0.39 is 80.5 Å². The smallest absolute Gasteiger partial charge is 0.411 e. The van der Waals surface area contributed by atoms with E-state index in [1.807, 2.05) is 19.2 Å². The van der Waals surface area contributed by atoms with Crippen LogP contribution in [0.3, 0.4) is 0 Å². The Morgan fingerprint density at radius 2 is 1.75 bits per heavy atom. The number of amides is 4. The number of carbonyl (C=O) groups excluding carboxylic acids is 5. The molecule has 1 aliphatic heterocycles. The number of nitrogens with one attached hydrogen (secondary N) is 4. The first-order chi connectivity index (χ1) is 32.2. The molecule has 0 spiro atoms. The number of ether oxygens (including phenoxy) is 6. The summed E-state index contributed by atoms with van der Waals surface area (Å²) in [6.07, 6.45) is -0.108. The molecule has 4 aromatic rings. The van der Waals surface area contributed by atoms with Gasteiger partial charge in [-0.1, -0.05) is 18.2 Å². The van der Waals surface area contributed by atoms with Gasteiger partial charge in [0.15, 0.2) is 5.13 Å². The van der Waals surface area contributed by atoms with Gasteiger partial charge in [-0.3, -0.25) is 24.1 Å². The number of carbonyl (C=O) groups is 5. The Morgan fingerprint density at radius 1 is 1.00 bits per heavy atom. The van der Waals surface area contributed by atoms with Crippen molar-refractivity contribution >= 4 is 72.9 Å². The lowest BCUT2D eigenvalue weighted by molar-refractivity contribution is -0.142. The topological polar surface area (TPSA) is 252 Å². The van der Waals surface area contributed by atoms with Crippen LogP contribution in [0.4, 0.5) is 15.6 Å². The van der Waals surface area contributed by atoms with Crippen LogP contribution in [0.1, 0.15) is 53.9 Å². The van der Waals surface area contributed by atoms with E-state index in [0.717, 1.165) is 0 Å². The quantitative estimate of drug-likeness (QED) is 0.0485. The van der Waals surface area contributed by atoms with Crippen LogP contribution in [0.5, 0.6) is 11.5 Å². The van der Waals surface area contributed by atoms with Crippen LogP contribution < -0.4 is 30.1 Å². The zero-order chi connectivity index (χ0) is 49.4. The second-order valence-corrected chi connectivity index (χ2v) is 19.8. The average molecular weight is 980 g/mol. The Balaban J connectivity index is 1.18. The number of anilines is 2. The number of sulfonamides is 1. The molecule has 4 N–H and O–H groups in total. The van der Waals surface area contributed by atoms with Crippen molar-refractivity contribution in [3.63, 3.8) is 0 Å². The van der Waals surface area contributed by atoms with E-state index in [0.29, 0.717) is 38.9 Å². The van der Waals surface area contributed by atoms with E-state index in [-0.39, 0.29) is 57.4 Å². The van der Waals surface area contributed by atoms with E-state index in [1.165, 1.54) is 53.7 Å². The monoisotopic (exact) mass is 979 g/mol. The fourth-order valence-electron chi connectivity index (χ4n) is 7.31. The van der Waals surface area contributed by atoms with Crippen molar-refractivity contribution in [3.05, 3.63) is 66.6 Å². The molecule has 2 fully saturated rings. The first kappa shape index (κ1) is 51.0. The summed E-state index contributed by atoms with van der Waals surface area (Å²) in [5.41, 5.74) is -1.16. The standard InChI is InChI=1S/C46H57N7O13S2/c1-9-28-23-46(28,42(57)52-68(59,60)38-13-11-10-12-32(38)49-39(54)25-64-19-18-63-17-16-40(55)62-8)51-41(56)36-21-30(24-53(36)44(58)66-45(4,5)6)65-37-22-34(35-26-67-43(50-35)47-27(2)3)48-33-20-29(61-7)14-15-31(33)37/h9-15,20,22,26-28,30,36H,1,16-19,21,23-25H2,2-8H3,(H,47,50)(H,49,54)(H,51,56)(H,52,57)/t28?,30-,36+,46?/m1/s1. The molecule has 3 heterocycles.